The molecule has 0 aliphatic heterocycles. The minimum absolute atomic E-state index is 0.253. The van der Waals surface area contributed by atoms with Crippen LogP contribution < -0.4 is 0 Å². The Morgan fingerprint density at radius 3 is 1.79 bits per heavy atom. The highest BCUT2D eigenvalue weighted by Crippen LogP contribution is 2.73. The van der Waals surface area contributed by atoms with Crippen LogP contribution in [0, 0.1) is 22.7 Å². The minimum Gasteiger partial charge on any atom is -0.456 e. The minimum atomic E-state index is -0.860. The Bertz CT molecular complexity index is 703. The molecule has 0 aromatic carbocycles. The summed E-state index contributed by atoms with van der Waals surface area (Å²) in [4.78, 5) is 25.0. The van der Waals surface area contributed by atoms with E-state index >= 15 is 0 Å². The van der Waals surface area contributed by atoms with Gasteiger partial charge in [0.2, 0.25) is 0 Å². The highest BCUT2D eigenvalue weighted by atomic mass is 16.6. The van der Waals surface area contributed by atoms with Gasteiger partial charge in [-0.2, -0.15) is 0 Å². The Morgan fingerprint density at radius 2 is 1.36 bits per heavy atom. The van der Waals surface area contributed by atoms with Gasteiger partial charge in [-0.15, -0.1) is 0 Å². The van der Waals surface area contributed by atoms with Gasteiger partial charge in [0.25, 0.3) is 0 Å². The van der Waals surface area contributed by atoms with E-state index in [1.54, 1.807) is 6.92 Å². The lowest BCUT2D eigenvalue weighted by atomic mass is 9.36. The second-order valence-electron chi connectivity index (χ2n) is 11.6. The van der Waals surface area contributed by atoms with Crippen LogP contribution in [0.2, 0.25) is 0 Å². The molecule has 0 aromatic rings. The average Bonchev–Trinajstić information content (AvgIpc) is 2.79. The molecule has 4 aliphatic rings. The monoisotopic (exact) mass is 466 g/mol. The van der Waals surface area contributed by atoms with Crippen molar-refractivity contribution in [1.29, 1.82) is 0 Å². The molecule has 0 saturated heterocycles. The standard InChI is InChI=1S/C27H46O6/c1-7-19(6)22(29)32-15-21(28)33-25-14-20-12-23(17-25,26(30,8-2)9-3)16-24(13-20,18-25)27(31,10-4)11-5/h19-20,30-31H,7-18H2,1-6H3. The van der Waals surface area contributed by atoms with E-state index in [9.17, 15) is 19.8 Å². The summed E-state index contributed by atoms with van der Waals surface area (Å²) in [5, 5.41) is 23.7. The fourth-order valence-electron chi connectivity index (χ4n) is 8.21. The summed E-state index contributed by atoms with van der Waals surface area (Å²) >= 11 is 0. The second kappa shape index (κ2) is 9.14. The summed E-state index contributed by atoms with van der Waals surface area (Å²) in [6.07, 6.45) is 7.80. The molecule has 3 unspecified atom stereocenters. The van der Waals surface area contributed by atoms with Gasteiger partial charge < -0.3 is 19.7 Å². The Kier molecular flexibility index (Phi) is 7.33. The van der Waals surface area contributed by atoms with Crippen LogP contribution in [0.3, 0.4) is 0 Å². The predicted molar refractivity (Wildman–Crippen MR) is 126 cm³/mol. The zero-order chi connectivity index (χ0) is 24.7. The van der Waals surface area contributed by atoms with Crippen LogP contribution in [-0.2, 0) is 19.1 Å². The highest BCUT2D eigenvalue weighted by Gasteiger charge is 2.72. The molecule has 4 fully saturated rings. The third-order valence-electron chi connectivity index (χ3n) is 10.0. The smallest absolute Gasteiger partial charge is 0.344 e. The van der Waals surface area contributed by atoms with Gasteiger partial charge in [0.05, 0.1) is 17.1 Å². The second-order valence-corrected chi connectivity index (χ2v) is 11.6. The van der Waals surface area contributed by atoms with Gasteiger partial charge in [0.15, 0.2) is 6.61 Å². The maximum Gasteiger partial charge on any atom is 0.344 e. The number of carbonyl (C=O) groups is 2. The normalized spacial score (nSPS) is 34.2. The Hall–Kier alpha value is -1.14. The molecular weight excluding hydrogens is 420 g/mol. The van der Waals surface area contributed by atoms with Crippen LogP contribution in [0.15, 0.2) is 0 Å². The molecule has 4 rings (SSSR count). The van der Waals surface area contributed by atoms with Crippen molar-refractivity contribution in [2.75, 3.05) is 6.61 Å². The van der Waals surface area contributed by atoms with Crippen molar-refractivity contribution in [1.82, 2.24) is 0 Å². The van der Waals surface area contributed by atoms with E-state index in [1.165, 1.54) is 0 Å². The topological polar surface area (TPSA) is 93.1 Å². The fourth-order valence-corrected chi connectivity index (χ4v) is 8.21. The highest BCUT2D eigenvalue weighted by molar-refractivity contribution is 5.77. The van der Waals surface area contributed by atoms with Gasteiger partial charge in [-0.3, -0.25) is 4.79 Å². The first-order valence-corrected chi connectivity index (χ1v) is 13.2. The summed E-state index contributed by atoms with van der Waals surface area (Å²) in [6, 6.07) is 0. The largest absolute Gasteiger partial charge is 0.456 e. The first kappa shape index (κ1) is 26.5. The SMILES string of the molecule is CCC(C)C(=O)OCC(=O)OC12CC3CC(C(O)(CC)CC)(C1)CC(C(O)(CC)CC)(C3)C2. The molecule has 3 atom stereocenters. The lowest BCUT2D eigenvalue weighted by Gasteiger charge is -2.71. The van der Waals surface area contributed by atoms with Gasteiger partial charge in [0.1, 0.15) is 5.60 Å². The van der Waals surface area contributed by atoms with Crippen LogP contribution in [0.25, 0.3) is 0 Å². The third-order valence-corrected chi connectivity index (χ3v) is 10.0. The lowest BCUT2D eigenvalue weighted by Crippen LogP contribution is -2.71. The Labute approximate surface area is 199 Å². The molecule has 2 N–H and O–H groups in total. The van der Waals surface area contributed by atoms with Crippen molar-refractivity contribution in [3.63, 3.8) is 0 Å². The summed E-state index contributed by atoms with van der Waals surface area (Å²) in [6.45, 7) is 11.5. The number of aliphatic hydroxyl groups is 2. The predicted octanol–water partition coefficient (Wildman–Crippen LogP) is 4.93. The average molecular weight is 467 g/mol. The van der Waals surface area contributed by atoms with E-state index in [-0.39, 0.29) is 29.3 Å². The van der Waals surface area contributed by atoms with Crippen molar-refractivity contribution in [3.05, 3.63) is 0 Å². The van der Waals surface area contributed by atoms with E-state index in [2.05, 4.69) is 0 Å². The quantitative estimate of drug-likeness (QED) is 0.419. The molecule has 190 valence electrons. The lowest BCUT2D eigenvalue weighted by molar-refractivity contribution is -0.298. The van der Waals surface area contributed by atoms with Gasteiger partial charge in [-0.1, -0.05) is 41.5 Å². The molecule has 4 bridgehead atoms. The van der Waals surface area contributed by atoms with E-state index in [1.807, 2.05) is 34.6 Å². The first-order chi connectivity index (χ1) is 15.4. The van der Waals surface area contributed by atoms with E-state index in [0.29, 0.717) is 50.9 Å². The van der Waals surface area contributed by atoms with E-state index in [0.717, 1.165) is 25.7 Å². The number of hydrogen-bond donors (Lipinski definition) is 2. The van der Waals surface area contributed by atoms with Gasteiger partial charge in [0, 0.05) is 10.8 Å². The third kappa shape index (κ3) is 4.24. The molecule has 0 amide bonds. The summed E-state index contributed by atoms with van der Waals surface area (Å²) < 4.78 is 11.4. The van der Waals surface area contributed by atoms with Crippen molar-refractivity contribution >= 4 is 11.9 Å². The van der Waals surface area contributed by atoms with Crippen molar-refractivity contribution in [3.8, 4) is 0 Å². The van der Waals surface area contributed by atoms with Gasteiger partial charge >= 0.3 is 11.9 Å². The first-order valence-electron chi connectivity index (χ1n) is 13.2. The van der Waals surface area contributed by atoms with E-state index < -0.39 is 22.8 Å². The molecule has 0 aromatic heterocycles. The summed E-state index contributed by atoms with van der Waals surface area (Å²) in [7, 11) is 0. The number of carbonyl (C=O) groups excluding carboxylic acids is 2. The zero-order valence-electron chi connectivity index (χ0n) is 21.7. The molecule has 33 heavy (non-hydrogen) atoms. The van der Waals surface area contributed by atoms with Gasteiger partial charge in [-0.25, -0.2) is 4.79 Å². The molecular formula is C27H46O6. The molecule has 4 saturated carbocycles. The van der Waals surface area contributed by atoms with Crippen LogP contribution in [0.1, 0.15) is 112 Å². The summed E-state index contributed by atoms with van der Waals surface area (Å²) in [5.41, 5.74) is -3.22. The van der Waals surface area contributed by atoms with Crippen molar-refractivity contribution in [2.24, 2.45) is 22.7 Å². The van der Waals surface area contributed by atoms with Crippen molar-refractivity contribution < 1.29 is 29.3 Å². The zero-order valence-corrected chi connectivity index (χ0v) is 21.7. The molecule has 0 heterocycles. The van der Waals surface area contributed by atoms with E-state index in [4.69, 9.17) is 9.47 Å². The van der Waals surface area contributed by atoms with Gasteiger partial charge in [-0.05, 0) is 76.5 Å². The number of hydrogen-bond acceptors (Lipinski definition) is 6. The Morgan fingerprint density at radius 1 is 0.879 bits per heavy atom. The number of rotatable bonds is 11. The maximum absolute atomic E-state index is 12.9. The molecule has 4 aliphatic carbocycles. The molecule has 0 radical (unpaired) electrons. The molecule has 6 heteroatoms. The van der Waals surface area contributed by atoms with Crippen LogP contribution in [-0.4, -0.2) is 45.6 Å². The fraction of sp³-hybridized carbons (Fsp3) is 0.926. The van der Waals surface area contributed by atoms with Crippen LogP contribution >= 0.6 is 0 Å². The molecule has 6 nitrogen and oxygen atoms in total. The number of esters is 2. The number of ether oxygens (including phenoxy) is 2. The van der Waals surface area contributed by atoms with Crippen molar-refractivity contribution in [2.45, 2.75) is 129 Å². The van der Waals surface area contributed by atoms with Crippen LogP contribution in [0.4, 0.5) is 0 Å². The summed E-state index contributed by atoms with van der Waals surface area (Å²) in [5.74, 6) is -0.861. The maximum atomic E-state index is 12.9. The molecule has 0 spiro atoms. The Balaban J connectivity index is 1.94. The van der Waals surface area contributed by atoms with Crippen LogP contribution in [0.5, 0.6) is 0 Å².